The van der Waals surface area contributed by atoms with E-state index >= 15 is 0 Å². The van der Waals surface area contributed by atoms with Crippen molar-refractivity contribution in [2.24, 2.45) is 5.73 Å². The fourth-order valence-electron chi connectivity index (χ4n) is 1.94. The molecular weight excluding hydrogens is 346 g/mol. The number of hydrogen-bond acceptors (Lipinski definition) is 4. The van der Waals surface area contributed by atoms with Gasteiger partial charge in [0, 0.05) is 38.9 Å². The van der Waals surface area contributed by atoms with Gasteiger partial charge in [-0.1, -0.05) is 17.7 Å². The van der Waals surface area contributed by atoms with E-state index in [4.69, 9.17) is 26.8 Å². The maximum absolute atomic E-state index is 13.1. The first-order chi connectivity index (χ1) is 10.5. The van der Waals surface area contributed by atoms with Crippen LogP contribution in [0.15, 0.2) is 18.2 Å². The molecule has 0 aliphatic carbocycles. The summed E-state index contributed by atoms with van der Waals surface area (Å²) in [4.78, 5) is 14.0. The molecule has 1 amide bonds. The van der Waals surface area contributed by atoms with Crippen LogP contribution in [0, 0.1) is 5.82 Å². The number of halogens is 3. The summed E-state index contributed by atoms with van der Waals surface area (Å²) in [5.41, 5.74) is 6.22. The predicted octanol–water partition coefficient (Wildman–Crippen LogP) is 2.24. The molecule has 1 unspecified atom stereocenters. The number of carbonyl (C=O) groups excluding carboxylic acids is 1. The molecule has 5 nitrogen and oxygen atoms in total. The number of methoxy groups -OCH3 is 2. The zero-order chi connectivity index (χ0) is 16.5. The molecule has 0 spiro atoms. The molecular formula is C15H23Cl2FN2O3. The fraction of sp³-hybridized carbons (Fsp3) is 0.533. The number of ether oxygens (including phenoxy) is 2. The second kappa shape index (κ2) is 11.6. The number of amides is 1. The van der Waals surface area contributed by atoms with Gasteiger partial charge in [-0.25, -0.2) is 4.39 Å². The second-order valence-electron chi connectivity index (χ2n) is 4.84. The van der Waals surface area contributed by atoms with Crippen LogP contribution in [-0.4, -0.2) is 50.8 Å². The van der Waals surface area contributed by atoms with Crippen molar-refractivity contribution < 1.29 is 18.7 Å². The third-order valence-corrected chi connectivity index (χ3v) is 3.64. The molecule has 0 aromatic heterocycles. The Labute approximate surface area is 147 Å². The molecule has 1 atom stereocenters. The Morgan fingerprint density at radius 1 is 1.43 bits per heavy atom. The third-order valence-electron chi connectivity index (χ3n) is 3.29. The van der Waals surface area contributed by atoms with Crippen molar-refractivity contribution in [3.8, 4) is 0 Å². The van der Waals surface area contributed by atoms with E-state index in [1.807, 2.05) is 0 Å². The minimum absolute atomic E-state index is 0. The van der Waals surface area contributed by atoms with Crippen LogP contribution in [0.4, 0.5) is 4.39 Å². The first-order valence-corrected chi connectivity index (χ1v) is 7.33. The summed E-state index contributed by atoms with van der Waals surface area (Å²) in [5, 5.41) is 0.289. The molecule has 0 radical (unpaired) electrons. The quantitative estimate of drug-likeness (QED) is 0.725. The second-order valence-corrected chi connectivity index (χ2v) is 5.25. The van der Waals surface area contributed by atoms with Crippen LogP contribution in [0.1, 0.15) is 12.0 Å². The lowest BCUT2D eigenvalue weighted by atomic mass is 10.1. The topological polar surface area (TPSA) is 64.8 Å². The predicted molar refractivity (Wildman–Crippen MR) is 90.4 cm³/mol. The normalized spacial score (nSPS) is 11.7. The Morgan fingerprint density at radius 2 is 2.13 bits per heavy atom. The van der Waals surface area contributed by atoms with E-state index in [0.717, 1.165) is 0 Å². The van der Waals surface area contributed by atoms with Crippen molar-refractivity contribution in [2.45, 2.75) is 19.1 Å². The number of benzene rings is 1. The highest BCUT2D eigenvalue weighted by molar-refractivity contribution is 6.31. The van der Waals surface area contributed by atoms with Crippen molar-refractivity contribution in [3.05, 3.63) is 34.6 Å². The van der Waals surface area contributed by atoms with Crippen LogP contribution in [0.25, 0.3) is 0 Å². The average Bonchev–Trinajstić information content (AvgIpc) is 2.50. The van der Waals surface area contributed by atoms with Crippen LogP contribution in [0.2, 0.25) is 5.02 Å². The summed E-state index contributed by atoms with van der Waals surface area (Å²) in [6, 6.07) is 4.12. The lowest BCUT2D eigenvalue weighted by Gasteiger charge is -2.25. The largest absolute Gasteiger partial charge is 0.383 e. The molecule has 0 saturated heterocycles. The van der Waals surface area contributed by atoms with Gasteiger partial charge in [0.1, 0.15) is 5.82 Å². The number of hydrogen-bond donors (Lipinski definition) is 1. The Morgan fingerprint density at radius 3 is 2.65 bits per heavy atom. The summed E-state index contributed by atoms with van der Waals surface area (Å²) in [6.45, 7) is 1.34. The van der Waals surface area contributed by atoms with Crippen molar-refractivity contribution in [1.82, 2.24) is 4.90 Å². The maximum atomic E-state index is 13.1. The van der Waals surface area contributed by atoms with E-state index in [-0.39, 0.29) is 49.0 Å². The first-order valence-electron chi connectivity index (χ1n) is 6.95. The van der Waals surface area contributed by atoms with Gasteiger partial charge in [-0.15, -0.1) is 12.4 Å². The summed E-state index contributed by atoms with van der Waals surface area (Å²) in [6.07, 6.45) is -0.156. The highest BCUT2D eigenvalue weighted by Crippen LogP contribution is 2.19. The SMILES string of the molecule is COCCN(Cc1ccc(F)cc1Cl)C(=O)CC(CN)OC.Cl. The molecule has 2 N–H and O–H groups in total. The van der Waals surface area contributed by atoms with Gasteiger partial charge in [0.05, 0.1) is 19.1 Å². The third kappa shape index (κ3) is 7.46. The van der Waals surface area contributed by atoms with Crippen molar-refractivity contribution in [2.75, 3.05) is 33.9 Å². The van der Waals surface area contributed by atoms with Crippen LogP contribution in [0.3, 0.4) is 0 Å². The molecule has 0 fully saturated rings. The molecule has 0 bridgehead atoms. The summed E-state index contributed by atoms with van der Waals surface area (Å²) < 4.78 is 23.3. The molecule has 1 rings (SSSR count). The lowest BCUT2D eigenvalue weighted by Crippen LogP contribution is -2.37. The monoisotopic (exact) mass is 368 g/mol. The Kier molecular flexibility index (Phi) is 11.1. The Bertz CT molecular complexity index is 488. The van der Waals surface area contributed by atoms with Gasteiger partial charge in [0.15, 0.2) is 0 Å². The van der Waals surface area contributed by atoms with E-state index in [2.05, 4.69) is 0 Å². The minimum atomic E-state index is -0.411. The van der Waals surface area contributed by atoms with Crippen molar-refractivity contribution in [1.29, 1.82) is 0 Å². The van der Waals surface area contributed by atoms with Crippen molar-refractivity contribution >= 4 is 29.9 Å². The van der Waals surface area contributed by atoms with Crippen molar-refractivity contribution in [3.63, 3.8) is 0 Å². The van der Waals surface area contributed by atoms with E-state index < -0.39 is 5.82 Å². The summed E-state index contributed by atoms with van der Waals surface area (Å²) >= 11 is 6.02. The molecule has 1 aromatic rings. The molecule has 23 heavy (non-hydrogen) atoms. The number of rotatable bonds is 9. The smallest absolute Gasteiger partial charge is 0.225 e. The number of carbonyl (C=O) groups is 1. The molecule has 0 aliphatic heterocycles. The average molecular weight is 369 g/mol. The molecule has 0 saturated carbocycles. The molecule has 8 heteroatoms. The highest BCUT2D eigenvalue weighted by Gasteiger charge is 2.19. The Balaban J connectivity index is 0.00000484. The van der Waals surface area contributed by atoms with Crippen LogP contribution in [0.5, 0.6) is 0 Å². The number of nitrogens with two attached hydrogens (primary N) is 1. The maximum Gasteiger partial charge on any atom is 0.225 e. The van der Waals surface area contributed by atoms with Gasteiger partial charge in [-0.05, 0) is 17.7 Å². The van der Waals surface area contributed by atoms with Gasteiger partial charge in [-0.3, -0.25) is 4.79 Å². The van der Waals surface area contributed by atoms with E-state index in [9.17, 15) is 9.18 Å². The van der Waals surface area contributed by atoms with Crippen LogP contribution >= 0.6 is 24.0 Å². The highest BCUT2D eigenvalue weighted by atomic mass is 35.5. The van der Waals surface area contributed by atoms with E-state index in [0.29, 0.717) is 18.7 Å². The van der Waals surface area contributed by atoms with Crippen LogP contribution in [-0.2, 0) is 20.8 Å². The summed E-state index contributed by atoms with van der Waals surface area (Å²) in [5.74, 6) is -0.527. The van der Waals surface area contributed by atoms with E-state index in [1.165, 1.54) is 19.2 Å². The van der Waals surface area contributed by atoms with Crippen LogP contribution < -0.4 is 5.73 Å². The Hall–Kier alpha value is -0.920. The number of nitrogens with zero attached hydrogens (tertiary/aromatic N) is 1. The molecule has 0 heterocycles. The summed E-state index contributed by atoms with van der Waals surface area (Å²) in [7, 11) is 3.08. The van der Waals surface area contributed by atoms with Gasteiger partial charge in [-0.2, -0.15) is 0 Å². The molecule has 1 aromatic carbocycles. The zero-order valence-corrected chi connectivity index (χ0v) is 14.8. The fourth-order valence-corrected chi connectivity index (χ4v) is 2.16. The zero-order valence-electron chi connectivity index (χ0n) is 13.3. The lowest BCUT2D eigenvalue weighted by molar-refractivity contribution is -0.134. The molecule has 0 aliphatic rings. The van der Waals surface area contributed by atoms with Gasteiger partial charge in [0.2, 0.25) is 5.91 Å². The molecule has 132 valence electrons. The van der Waals surface area contributed by atoms with Gasteiger partial charge < -0.3 is 20.1 Å². The minimum Gasteiger partial charge on any atom is -0.383 e. The van der Waals surface area contributed by atoms with E-state index in [1.54, 1.807) is 18.1 Å². The van der Waals surface area contributed by atoms with Gasteiger partial charge >= 0.3 is 0 Å². The standard InChI is InChI=1S/C15H22ClFN2O3.ClH/c1-21-6-5-19(15(20)8-13(9-18)22-2)10-11-3-4-12(17)7-14(11)16;/h3-4,7,13H,5-6,8-10,18H2,1-2H3;1H. The van der Waals surface area contributed by atoms with Gasteiger partial charge in [0.25, 0.3) is 0 Å². The first kappa shape index (κ1) is 22.1.